The van der Waals surface area contributed by atoms with Gasteiger partial charge in [-0.3, -0.25) is 0 Å². The first-order chi connectivity index (χ1) is 5.77. The van der Waals surface area contributed by atoms with Crippen LogP contribution in [0.15, 0.2) is 24.3 Å². The van der Waals surface area contributed by atoms with Crippen molar-refractivity contribution in [3.05, 3.63) is 34.9 Å². The average Bonchev–Trinajstić information content (AvgIpc) is 2.01. The minimum atomic E-state index is -0.105. The highest BCUT2D eigenvalue weighted by Gasteiger charge is 2.29. The van der Waals surface area contributed by atoms with Gasteiger partial charge in [-0.05, 0) is 30.4 Å². The van der Waals surface area contributed by atoms with E-state index in [2.05, 4.69) is 0 Å². The number of hydrogen-bond acceptors (Lipinski definition) is 1. The van der Waals surface area contributed by atoms with E-state index >= 15 is 0 Å². The van der Waals surface area contributed by atoms with E-state index in [1.165, 1.54) is 5.56 Å². The molecule has 0 aliphatic heterocycles. The van der Waals surface area contributed by atoms with Gasteiger partial charge in [-0.15, -0.1) is 0 Å². The summed E-state index contributed by atoms with van der Waals surface area (Å²) in [6.07, 6.45) is 1.62. The summed E-state index contributed by atoms with van der Waals surface area (Å²) in [7, 11) is 0. The Bertz CT molecular complexity index is 279. The third kappa shape index (κ3) is 1.35. The molecule has 1 N–H and O–H groups in total. The van der Waals surface area contributed by atoms with Gasteiger partial charge in [-0.25, -0.2) is 0 Å². The van der Waals surface area contributed by atoms with Crippen LogP contribution in [0.5, 0.6) is 0 Å². The maximum atomic E-state index is 9.13. The Balaban J connectivity index is 2.18. The number of benzene rings is 1. The first-order valence-electron chi connectivity index (χ1n) is 4.20. The standard InChI is InChI=1S/C10H11ClO/c11-10-4-2-1-3-9(10)7-5-8(12)6-7/h1-4,7-8,12H,5-6H2/t7-,8+. The predicted octanol–water partition coefficient (Wildman–Crippen LogP) is 2.58. The van der Waals surface area contributed by atoms with Gasteiger partial charge in [0.2, 0.25) is 0 Å². The largest absolute Gasteiger partial charge is 0.393 e. The molecule has 0 aromatic heterocycles. The number of aliphatic hydroxyl groups excluding tert-OH is 1. The quantitative estimate of drug-likeness (QED) is 0.708. The minimum Gasteiger partial charge on any atom is -0.393 e. The lowest BCUT2D eigenvalue weighted by Gasteiger charge is -2.32. The van der Waals surface area contributed by atoms with Crippen molar-refractivity contribution in [1.29, 1.82) is 0 Å². The summed E-state index contributed by atoms with van der Waals surface area (Å²) < 4.78 is 0. The highest BCUT2D eigenvalue weighted by molar-refractivity contribution is 6.31. The van der Waals surface area contributed by atoms with E-state index in [0.29, 0.717) is 5.92 Å². The van der Waals surface area contributed by atoms with E-state index in [9.17, 15) is 0 Å². The molecule has 1 aromatic carbocycles. The third-order valence-electron chi connectivity index (χ3n) is 2.46. The molecule has 2 heteroatoms. The van der Waals surface area contributed by atoms with Gasteiger partial charge in [-0.1, -0.05) is 29.8 Å². The fraction of sp³-hybridized carbons (Fsp3) is 0.400. The molecule has 1 aromatic rings. The van der Waals surface area contributed by atoms with Crippen LogP contribution in [0, 0.1) is 0 Å². The van der Waals surface area contributed by atoms with Crippen molar-refractivity contribution in [2.45, 2.75) is 24.9 Å². The lowest BCUT2D eigenvalue weighted by molar-refractivity contribution is 0.0747. The van der Waals surface area contributed by atoms with E-state index in [-0.39, 0.29) is 6.10 Å². The van der Waals surface area contributed by atoms with Crippen molar-refractivity contribution >= 4 is 11.6 Å². The summed E-state index contributed by atoms with van der Waals surface area (Å²) in [4.78, 5) is 0. The summed E-state index contributed by atoms with van der Waals surface area (Å²) in [5.41, 5.74) is 1.18. The van der Waals surface area contributed by atoms with Crippen LogP contribution >= 0.6 is 11.6 Å². The SMILES string of the molecule is O[C@H]1C[C@@H](c2ccccc2Cl)C1. The molecule has 0 saturated heterocycles. The first kappa shape index (κ1) is 8.09. The minimum absolute atomic E-state index is 0.105. The number of rotatable bonds is 1. The molecule has 1 aliphatic carbocycles. The molecule has 1 fully saturated rings. The van der Waals surface area contributed by atoms with Gasteiger partial charge in [0.05, 0.1) is 6.10 Å². The zero-order valence-corrected chi connectivity index (χ0v) is 7.46. The maximum absolute atomic E-state index is 9.13. The van der Waals surface area contributed by atoms with Crippen molar-refractivity contribution < 1.29 is 5.11 Å². The van der Waals surface area contributed by atoms with E-state index in [1.54, 1.807) is 0 Å². The number of hydrogen-bond donors (Lipinski definition) is 1. The summed E-state index contributed by atoms with van der Waals surface area (Å²) in [6.45, 7) is 0. The van der Waals surface area contributed by atoms with Crippen LogP contribution in [0.2, 0.25) is 5.02 Å². The normalized spacial score (nSPS) is 28.2. The zero-order chi connectivity index (χ0) is 8.55. The molecule has 0 unspecified atom stereocenters. The van der Waals surface area contributed by atoms with E-state index in [0.717, 1.165) is 17.9 Å². The molecule has 0 amide bonds. The van der Waals surface area contributed by atoms with Crippen LogP contribution in [0.4, 0.5) is 0 Å². The van der Waals surface area contributed by atoms with Gasteiger partial charge >= 0.3 is 0 Å². The zero-order valence-electron chi connectivity index (χ0n) is 6.70. The van der Waals surface area contributed by atoms with Crippen LogP contribution in [0.1, 0.15) is 24.3 Å². The second kappa shape index (κ2) is 3.08. The van der Waals surface area contributed by atoms with Gasteiger partial charge < -0.3 is 5.11 Å². The molecule has 1 aliphatic rings. The van der Waals surface area contributed by atoms with Crippen LogP contribution in [-0.2, 0) is 0 Å². The molecule has 0 spiro atoms. The van der Waals surface area contributed by atoms with Crippen molar-refractivity contribution in [2.24, 2.45) is 0 Å². The summed E-state index contributed by atoms with van der Waals surface area (Å²) >= 11 is 6.00. The lowest BCUT2D eigenvalue weighted by atomic mass is 9.78. The number of aliphatic hydroxyl groups is 1. The molecule has 1 nitrogen and oxygen atoms in total. The fourth-order valence-corrected chi connectivity index (χ4v) is 1.94. The topological polar surface area (TPSA) is 20.2 Å². The third-order valence-corrected chi connectivity index (χ3v) is 2.80. The van der Waals surface area contributed by atoms with E-state index in [1.807, 2.05) is 24.3 Å². The second-order valence-electron chi connectivity index (χ2n) is 3.34. The van der Waals surface area contributed by atoms with Gasteiger partial charge in [0.1, 0.15) is 0 Å². The Morgan fingerprint density at radius 1 is 1.25 bits per heavy atom. The first-order valence-corrected chi connectivity index (χ1v) is 4.57. The van der Waals surface area contributed by atoms with Gasteiger partial charge in [0.25, 0.3) is 0 Å². The molecule has 1 saturated carbocycles. The molecule has 0 atom stereocenters. The molecule has 12 heavy (non-hydrogen) atoms. The predicted molar refractivity (Wildman–Crippen MR) is 49.4 cm³/mol. The highest BCUT2D eigenvalue weighted by Crippen LogP contribution is 2.39. The Labute approximate surface area is 77.0 Å². The van der Waals surface area contributed by atoms with Crippen LogP contribution in [-0.4, -0.2) is 11.2 Å². The molecule has 64 valence electrons. The number of halogens is 1. The fourth-order valence-electron chi connectivity index (χ4n) is 1.65. The van der Waals surface area contributed by atoms with Gasteiger partial charge in [0, 0.05) is 5.02 Å². The van der Waals surface area contributed by atoms with Crippen LogP contribution in [0.25, 0.3) is 0 Å². The lowest BCUT2D eigenvalue weighted by Crippen LogP contribution is -2.26. The van der Waals surface area contributed by atoms with Crippen molar-refractivity contribution in [3.8, 4) is 0 Å². The molecule has 0 heterocycles. The Morgan fingerprint density at radius 3 is 2.50 bits per heavy atom. The van der Waals surface area contributed by atoms with Crippen molar-refractivity contribution in [2.75, 3.05) is 0 Å². The highest BCUT2D eigenvalue weighted by atomic mass is 35.5. The van der Waals surface area contributed by atoms with Gasteiger partial charge in [-0.2, -0.15) is 0 Å². The van der Waals surface area contributed by atoms with E-state index < -0.39 is 0 Å². The Morgan fingerprint density at radius 2 is 1.92 bits per heavy atom. The molecule has 0 bridgehead atoms. The van der Waals surface area contributed by atoms with Crippen LogP contribution < -0.4 is 0 Å². The summed E-state index contributed by atoms with van der Waals surface area (Å²) in [5, 5.41) is 9.96. The Hall–Kier alpha value is -0.530. The summed E-state index contributed by atoms with van der Waals surface area (Å²) in [5.74, 6) is 0.480. The molecule has 0 radical (unpaired) electrons. The second-order valence-corrected chi connectivity index (χ2v) is 3.75. The molecular weight excluding hydrogens is 172 g/mol. The van der Waals surface area contributed by atoms with Crippen molar-refractivity contribution in [3.63, 3.8) is 0 Å². The maximum Gasteiger partial charge on any atom is 0.0552 e. The Kier molecular flexibility index (Phi) is 2.07. The monoisotopic (exact) mass is 182 g/mol. The van der Waals surface area contributed by atoms with Gasteiger partial charge in [0.15, 0.2) is 0 Å². The average molecular weight is 183 g/mol. The van der Waals surface area contributed by atoms with E-state index in [4.69, 9.17) is 16.7 Å². The molecular formula is C10H11ClO. The smallest absolute Gasteiger partial charge is 0.0552 e. The van der Waals surface area contributed by atoms with Crippen molar-refractivity contribution in [1.82, 2.24) is 0 Å². The van der Waals surface area contributed by atoms with Crippen LogP contribution in [0.3, 0.4) is 0 Å². The molecule has 2 rings (SSSR count). The summed E-state index contributed by atoms with van der Waals surface area (Å²) in [6, 6.07) is 7.87.